The lowest BCUT2D eigenvalue weighted by atomic mass is 10.2. The molecule has 2 aliphatic carbocycles. The Morgan fingerprint density at radius 2 is 1.06 bits per heavy atom. The third-order valence-electron chi connectivity index (χ3n) is 2.76. The molecule has 4 N–H and O–H groups in total. The van der Waals surface area contributed by atoms with Gasteiger partial charge in [0, 0.05) is 11.8 Å². The lowest BCUT2D eigenvalue weighted by molar-refractivity contribution is -0.165. The lowest BCUT2D eigenvalue weighted by Gasteiger charge is -2.07. The van der Waals surface area contributed by atoms with E-state index in [1.165, 1.54) is 25.7 Å². The third kappa shape index (κ3) is 4.42. The van der Waals surface area contributed by atoms with E-state index < -0.39 is 24.1 Å². The fourth-order valence-corrected chi connectivity index (χ4v) is 1.34. The summed E-state index contributed by atoms with van der Waals surface area (Å²) in [5.41, 5.74) is 0. The number of carboxylic acids is 2. The molecule has 0 aromatic heterocycles. The summed E-state index contributed by atoms with van der Waals surface area (Å²) in [7, 11) is 0. The van der Waals surface area contributed by atoms with Crippen LogP contribution in [0.25, 0.3) is 0 Å². The topological polar surface area (TPSA) is 132 Å². The van der Waals surface area contributed by atoms with E-state index >= 15 is 0 Å². The van der Waals surface area contributed by atoms with Crippen LogP contribution in [0.1, 0.15) is 25.7 Å². The Morgan fingerprint density at radius 3 is 1.22 bits per heavy atom. The Kier molecular flexibility index (Phi) is 4.80. The normalized spacial score (nSPS) is 21.2. The van der Waals surface area contributed by atoms with Gasteiger partial charge in [-0.1, -0.05) is 0 Å². The van der Waals surface area contributed by atoms with E-state index in [1.807, 2.05) is 0 Å². The van der Waals surface area contributed by atoms with Crippen molar-refractivity contribution in [2.24, 2.45) is 11.8 Å². The molecule has 0 aromatic rings. The molecule has 18 heavy (non-hydrogen) atoms. The number of hydrogen-bond acceptors (Lipinski definition) is 5. The summed E-state index contributed by atoms with van der Waals surface area (Å²) in [6, 6.07) is 0. The van der Waals surface area contributed by atoms with Crippen LogP contribution in [-0.2, 0) is 14.4 Å². The fraction of sp³-hybridized carbons (Fsp3) is 0.727. The maximum Gasteiger partial charge on any atom is 0.335 e. The van der Waals surface area contributed by atoms with Crippen LogP contribution in [0.3, 0.4) is 0 Å². The van der Waals surface area contributed by atoms with E-state index in [9.17, 15) is 14.4 Å². The molecular weight excluding hydrogens is 244 g/mol. The Labute approximate surface area is 103 Å². The van der Waals surface area contributed by atoms with Crippen LogP contribution in [0.2, 0.25) is 0 Å². The van der Waals surface area contributed by atoms with Crippen molar-refractivity contribution in [2.45, 2.75) is 37.9 Å². The van der Waals surface area contributed by atoms with Gasteiger partial charge in [0.15, 0.2) is 12.2 Å². The Bertz CT molecular complexity index is 311. The van der Waals surface area contributed by atoms with Crippen molar-refractivity contribution in [3.05, 3.63) is 0 Å². The number of carbonyl (C=O) groups excluding carboxylic acids is 1. The highest BCUT2D eigenvalue weighted by Gasteiger charge is 2.39. The van der Waals surface area contributed by atoms with E-state index in [0.717, 1.165) is 0 Å². The SMILES string of the molecule is O=C(C1CC1)C1CC1.O=C(O)C(O)C(O)C(=O)O. The second-order valence-electron chi connectivity index (χ2n) is 4.52. The number of Topliss-reactive ketones (excluding diaryl/α,β-unsaturated/α-hetero) is 1. The molecule has 102 valence electrons. The number of carbonyl (C=O) groups is 3. The zero-order valence-electron chi connectivity index (χ0n) is 9.65. The molecule has 0 radical (unpaired) electrons. The summed E-state index contributed by atoms with van der Waals surface area (Å²) in [5, 5.41) is 32.5. The van der Waals surface area contributed by atoms with Gasteiger partial charge in [-0.05, 0) is 25.7 Å². The molecule has 0 spiro atoms. The molecule has 7 heteroatoms. The van der Waals surface area contributed by atoms with Crippen molar-refractivity contribution >= 4 is 17.7 Å². The van der Waals surface area contributed by atoms with Gasteiger partial charge in [0.1, 0.15) is 5.78 Å². The number of aliphatic carboxylic acids is 2. The van der Waals surface area contributed by atoms with Gasteiger partial charge >= 0.3 is 11.9 Å². The molecule has 7 nitrogen and oxygen atoms in total. The number of rotatable bonds is 5. The van der Waals surface area contributed by atoms with Gasteiger partial charge in [0.25, 0.3) is 0 Å². The van der Waals surface area contributed by atoms with Crippen molar-refractivity contribution in [1.82, 2.24) is 0 Å². The summed E-state index contributed by atoms with van der Waals surface area (Å²) in [5.74, 6) is -1.93. The predicted octanol–water partition coefficient (Wildman–Crippen LogP) is -0.747. The van der Waals surface area contributed by atoms with Gasteiger partial charge in [-0.3, -0.25) is 4.79 Å². The van der Waals surface area contributed by atoms with E-state index in [2.05, 4.69) is 0 Å². The van der Waals surface area contributed by atoms with E-state index in [-0.39, 0.29) is 0 Å². The molecule has 2 fully saturated rings. The Morgan fingerprint density at radius 1 is 0.778 bits per heavy atom. The van der Waals surface area contributed by atoms with Gasteiger partial charge in [0.05, 0.1) is 0 Å². The van der Waals surface area contributed by atoms with Crippen molar-refractivity contribution < 1.29 is 34.8 Å². The van der Waals surface area contributed by atoms with Crippen molar-refractivity contribution in [3.8, 4) is 0 Å². The number of aliphatic hydroxyl groups excluding tert-OH is 2. The monoisotopic (exact) mass is 260 g/mol. The van der Waals surface area contributed by atoms with Crippen molar-refractivity contribution in [2.75, 3.05) is 0 Å². The summed E-state index contributed by atoms with van der Waals surface area (Å²) in [6.07, 6.45) is 0.227. The van der Waals surface area contributed by atoms with Crippen LogP contribution >= 0.6 is 0 Å². The smallest absolute Gasteiger partial charge is 0.335 e. The van der Waals surface area contributed by atoms with Crippen LogP contribution in [-0.4, -0.2) is 50.4 Å². The number of aliphatic hydroxyl groups is 2. The Balaban J connectivity index is 0.000000182. The van der Waals surface area contributed by atoms with Gasteiger partial charge in [-0.2, -0.15) is 0 Å². The lowest BCUT2D eigenvalue weighted by Crippen LogP contribution is -2.39. The molecular formula is C11H16O7. The summed E-state index contributed by atoms with van der Waals surface area (Å²) >= 11 is 0. The molecule has 2 saturated carbocycles. The largest absolute Gasteiger partial charge is 0.479 e. The maximum absolute atomic E-state index is 11.0. The van der Waals surface area contributed by atoms with E-state index in [1.54, 1.807) is 0 Å². The highest BCUT2D eigenvalue weighted by Crippen LogP contribution is 2.40. The second-order valence-corrected chi connectivity index (χ2v) is 4.52. The highest BCUT2D eigenvalue weighted by atomic mass is 16.4. The van der Waals surface area contributed by atoms with E-state index in [0.29, 0.717) is 17.6 Å². The first-order chi connectivity index (χ1) is 8.34. The standard InChI is InChI=1S/C7H10O.C4H6O6/c8-7(5-1-2-5)6-3-4-6;5-1(3(7)8)2(6)4(9)10/h5-6H,1-4H2;1-2,5-6H,(H,7,8)(H,9,10). The van der Waals surface area contributed by atoms with Gasteiger partial charge in [-0.25, -0.2) is 9.59 Å². The molecule has 2 atom stereocenters. The minimum Gasteiger partial charge on any atom is -0.479 e. The van der Waals surface area contributed by atoms with Gasteiger partial charge < -0.3 is 20.4 Å². The molecule has 2 unspecified atom stereocenters. The zero-order valence-corrected chi connectivity index (χ0v) is 9.65. The minimum absolute atomic E-state index is 0.516. The molecule has 0 aromatic carbocycles. The Hall–Kier alpha value is -1.47. The van der Waals surface area contributed by atoms with Crippen LogP contribution in [0.15, 0.2) is 0 Å². The predicted molar refractivity (Wildman–Crippen MR) is 57.7 cm³/mol. The van der Waals surface area contributed by atoms with Crippen molar-refractivity contribution in [1.29, 1.82) is 0 Å². The molecule has 0 amide bonds. The molecule has 0 heterocycles. The van der Waals surface area contributed by atoms with Gasteiger partial charge in [-0.15, -0.1) is 0 Å². The van der Waals surface area contributed by atoms with Crippen LogP contribution in [0.5, 0.6) is 0 Å². The molecule has 0 saturated heterocycles. The minimum atomic E-state index is -2.27. The molecule has 2 rings (SSSR count). The van der Waals surface area contributed by atoms with Gasteiger partial charge in [0.2, 0.25) is 0 Å². The zero-order chi connectivity index (χ0) is 13.9. The first kappa shape index (κ1) is 14.6. The molecule has 0 bridgehead atoms. The maximum atomic E-state index is 11.0. The van der Waals surface area contributed by atoms with E-state index in [4.69, 9.17) is 20.4 Å². The fourth-order valence-electron chi connectivity index (χ4n) is 1.34. The first-order valence-electron chi connectivity index (χ1n) is 5.70. The first-order valence-corrected chi connectivity index (χ1v) is 5.70. The van der Waals surface area contributed by atoms with Crippen molar-refractivity contribution in [3.63, 3.8) is 0 Å². The summed E-state index contributed by atoms with van der Waals surface area (Å²) in [6.45, 7) is 0. The highest BCUT2D eigenvalue weighted by molar-refractivity contribution is 5.87. The average molecular weight is 260 g/mol. The quantitative estimate of drug-likeness (QED) is 0.511. The number of carboxylic acid groups (broad SMARTS) is 2. The number of hydrogen-bond donors (Lipinski definition) is 4. The van der Waals surface area contributed by atoms with Crippen LogP contribution in [0, 0.1) is 11.8 Å². The second kappa shape index (κ2) is 5.92. The third-order valence-corrected chi connectivity index (χ3v) is 2.76. The summed E-state index contributed by atoms with van der Waals surface area (Å²) in [4.78, 5) is 30.5. The number of ketones is 1. The molecule has 0 aliphatic heterocycles. The van der Waals surface area contributed by atoms with Crippen LogP contribution in [0.4, 0.5) is 0 Å². The summed E-state index contributed by atoms with van der Waals surface area (Å²) < 4.78 is 0. The molecule has 2 aliphatic rings. The average Bonchev–Trinajstić information content (AvgIpc) is 3.19. The van der Waals surface area contributed by atoms with Crippen LogP contribution < -0.4 is 0 Å².